The predicted octanol–water partition coefficient (Wildman–Crippen LogP) is 1.69. The van der Waals surface area contributed by atoms with Crippen molar-refractivity contribution in [3.8, 4) is 6.07 Å². The van der Waals surface area contributed by atoms with Gasteiger partial charge in [-0.05, 0) is 25.5 Å². The zero-order chi connectivity index (χ0) is 14.3. The Morgan fingerprint density at radius 1 is 1.24 bits per heavy atom. The summed E-state index contributed by atoms with van der Waals surface area (Å²) in [5.74, 6) is 0. The number of nitrogens with zero attached hydrogens (tertiary/aromatic N) is 4. The van der Waals surface area contributed by atoms with Crippen LogP contribution >= 0.6 is 0 Å². The zero-order valence-corrected chi connectivity index (χ0v) is 11.8. The molecule has 0 amide bonds. The van der Waals surface area contributed by atoms with Crippen molar-refractivity contribution in [2.75, 3.05) is 31.1 Å². The molecule has 0 aliphatic carbocycles. The molecule has 4 rings (SSSR count). The zero-order valence-electron chi connectivity index (χ0n) is 11.8. The van der Waals surface area contributed by atoms with Crippen LogP contribution in [0.5, 0.6) is 0 Å². The van der Waals surface area contributed by atoms with Gasteiger partial charge in [-0.3, -0.25) is 0 Å². The molecule has 2 fully saturated rings. The summed E-state index contributed by atoms with van der Waals surface area (Å²) < 4.78 is 0. The largest absolute Gasteiger partial charge is 0.368 e. The van der Waals surface area contributed by atoms with Crippen LogP contribution in [0.4, 0.5) is 5.69 Å². The summed E-state index contributed by atoms with van der Waals surface area (Å²) >= 11 is 0. The van der Waals surface area contributed by atoms with Gasteiger partial charge in [0.2, 0.25) is 0 Å². The van der Waals surface area contributed by atoms with Crippen LogP contribution in [0.2, 0.25) is 0 Å². The van der Waals surface area contributed by atoms with Crippen molar-refractivity contribution in [2.24, 2.45) is 5.41 Å². The monoisotopic (exact) mass is 279 g/mol. The third-order valence-corrected chi connectivity index (χ3v) is 4.83. The molecule has 2 aliphatic rings. The first-order chi connectivity index (χ1) is 10.3. The van der Waals surface area contributed by atoms with Crippen molar-refractivity contribution < 1.29 is 0 Å². The van der Waals surface area contributed by atoms with Crippen molar-refractivity contribution in [1.29, 1.82) is 5.26 Å². The van der Waals surface area contributed by atoms with E-state index in [1.807, 2.05) is 24.3 Å². The summed E-state index contributed by atoms with van der Waals surface area (Å²) in [4.78, 5) is 2.34. The van der Waals surface area contributed by atoms with E-state index in [-0.39, 0.29) is 0 Å². The van der Waals surface area contributed by atoms with E-state index >= 15 is 0 Å². The van der Waals surface area contributed by atoms with Crippen LogP contribution in [0.15, 0.2) is 24.3 Å². The predicted molar refractivity (Wildman–Crippen MR) is 81.0 cm³/mol. The Morgan fingerprint density at radius 3 is 2.95 bits per heavy atom. The van der Waals surface area contributed by atoms with Crippen LogP contribution in [0.25, 0.3) is 10.9 Å². The lowest BCUT2D eigenvalue weighted by Crippen LogP contribution is -2.29. The van der Waals surface area contributed by atoms with E-state index in [4.69, 9.17) is 0 Å². The average Bonchev–Trinajstić information content (AvgIpc) is 3.16. The lowest BCUT2D eigenvalue weighted by Gasteiger charge is -2.25. The number of nitriles is 1. The fourth-order valence-corrected chi connectivity index (χ4v) is 3.71. The minimum absolute atomic E-state index is 0.372. The van der Waals surface area contributed by atoms with Crippen molar-refractivity contribution in [3.63, 3.8) is 0 Å². The van der Waals surface area contributed by atoms with E-state index in [0.717, 1.165) is 42.8 Å². The second kappa shape index (κ2) is 4.68. The number of hydrogen-bond donors (Lipinski definition) is 1. The van der Waals surface area contributed by atoms with E-state index in [1.165, 1.54) is 12.8 Å². The standard InChI is InChI=1S/C16H17N5/c17-9-14-15(12-3-1-2-4-13(12)19-20-14)21-8-6-16(11-21)5-7-18-10-16/h1-4,18H,5-8,10-11H2. The molecule has 3 heterocycles. The van der Waals surface area contributed by atoms with Gasteiger partial charge in [0.05, 0.1) is 11.2 Å². The summed E-state index contributed by atoms with van der Waals surface area (Å²) in [5, 5.41) is 22.2. The van der Waals surface area contributed by atoms with E-state index in [9.17, 15) is 5.26 Å². The van der Waals surface area contributed by atoms with E-state index in [0.29, 0.717) is 11.1 Å². The molecular weight excluding hydrogens is 262 g/mol. The Balaban J connectivity index is 1.81. The molecule has 21 heavy (non-hydrogen) atoms. The Kier molecular flexibility index (Phi) is 2.79. The normalized spacial score (nSPS) is 24.8. The number of aromatic nitrogens is 2. The van der Waals surface area contributed by atoms with Crippen molar-refractivity contribution in [1.82, 2.24) is 15.5 Å². The second-order valence-electron chi connectivity index (χ2n) is 6.12. The molecule has 5 heteroatoms. The summed E-state index contributed by atoms with van der Waals surface area (Å²) in [5.41, 5.74) is 2.64. The van der Waals surface area contributed by atoms with Gasteiger partial charge in [0.1, 0.15) is 6.07 Å². The van der Waals surface area contributed by atoms with Gasteiger partial charge < -0.3 is 10.2 Å². The van der Waals surface area contributed by atoms with Gasteiger partial charge in [-0.2, -0.15) is 5.26 Å². The number of nitrogens with one attached hydrogen (secondary N) is 1. The molecular formula is C16H17N5. The van der Waals surface area contributed by atoms with Crippen molar-refractivity contribution in [3.05, 3.63) is 30.0 Å². The summed E-state index contributed by atoms with van der Waals surface area (Å²) in [7, 11) is 0. The minimum Gasteiger partial charge on any atom is -0.368 e. The first-order valence-electron chi connectivity index (χ1n) is 7.43. The van der Waals surface area contributed by atoms with E-state index < -0.39 is 0 Å². The highest BCUT2D eigenvalue weighted by atomic mass is 15.2. The second-order valence-corrected chi connectivity index (χ2v) is 6.12. The third kappa shape index (κ3) is 1.95. The molecule has 0 bridgehead atoms. The topological polar surface area (TPSA) is 64.8 Å². The number of benzene rings is 1. The maximum Gasteiger partial charge on any atom is 0.187 e. The first-order valence-corrected chi connectivity index (χ1v) is 7.43. The van der Waals surface area contributed by atoms with Crippen LogP contribution in [0.3, 0.4) is 0 Å². The fraction of sp³-hybridized carbons (Fsp3) is 0.438. The molecule has 5 nitrogen and oxygen atoms in total. The molecule has 1 N–H and O–H groups in total. The van der Waals surface area contributed by atoms with Crippen LogP contribution in [-0.2, 0) is 0 Å². The van der Waals surface area contributed by atoms with Gasteiger partial charge in [0.15, 0.2) is 5.69 Å². The first kappa shape index (κ1) is 12.5. The maximum absolute atomic E-state index is 9.40. The summed E-state index contributed by atoms with van der Waals surface area (Å²) in [6, 6.07) is 10.2. The molecule has 1 unspecified atom stereocenters. The molecule has 1 spiro atoms. The molecule has 2 aromatic rings. The van der Waals surface area contributed by atoms with Gasteiger partial charge in [-0.1, -0.05) is 18.2 Å². The molecule has 1 aromatic carbocycles. The number of fused-ring (bicyclic) bond motifs is 1. The fourth-order valence-electron chi connectivity index (χ4n) is 3.71. The number of hydrogen-bond acceptors (Lipinski definition) is 5. The summed E-state index contributed by atoms with van der Waals surface area (Å²) in [6.45, 7) is 4.19. The quantitative estimate of drug-likeness (QED) is 0.860. The minimum atomic E-state index is 0.372. The maximum atomic E-state index is 9.40. The lowest BCUT2D eigenvalue weighted by molar-refractivity contribution is 0.369. The number of anilines is 1. The van der Waals surface area contributed by atoms with Crippen molar-refractivity contribution in [2.45, 2.75) is 12.8 Å². The lowest BCUT2D eigenvalue weighted by atomic mass is 9.86. The third-order valence-electron chi connectivity index (χ3n) is 4.83. The molecule has 1 aromatic heterocycles. The SMILES string of the molecule is N#Cc1nnc2ccccc2c1N1CCC2(CCNC2)C1. The van der Waals surface area contributed by atoms with Crippen LogP contribution in [-0.4, -0.2) is 36.4 Å². The molecule has 0 saturated carbocycles. The van der Waals surface area contributed by atoms with Gasteiger partial charge >= 0.3 is 0 Å². The Bertz CT molecular complexity index is 727. The highest BCUT2D eigenvalue weighted by molar-refractivity contribution is 5.93. The smallest absolute Gasteiger partial charge is 0.187 e. The van der Waals surface area contributed by atoms with Gasteiger partial charge in [0.25, 0.3) is 0 Å². The molecule has 1 atom stereocenters. The van der Waals surface area contributed by atoms with E-state index in [1.54, 1.807) is 0 Å². The highest BCUT2D eigenvalue weighted by Gasteiger charge is 2.41. The van der Waals surface area contributed by atoms with Crippen LogP contribution in [0, 0.1) is 16.7 Å². The highest BCUT2D eigenvalue weighted by Crippen LogP contribution is 2.40. The molecule has 2 aliphatic heterocycles. The Labute approximate surface area is 123 Å². The van der Waals surface area contributed by atoms with Crippen molar-refractivity contribution >= 4 is 16.6 Å². The van der Waals surface area contributed by atoms with Crippen LogP contribution < -0.4 is 10.2 Å². The van der Waals surface area contributed by atoms with Gasteiger partial charge in [0, 0.05) is 30.4 Å². The Hall–Kier alpha value is -2.19. The molecule has 0 radical (unpaired) electrons. The number of rotatable bonds is 1. The average molecular weight is 279 g/mol. The van der Waals surface area contributed by atoms with E-state index in [2.05, 4.69) is 26.5 Å². The van der Waals surface area contributed by atoms with Crippen LogP contribution in [0.1, 0.15) is 18.5 Å². The molecule has 106 valence electrons. The Morgan fingerprint density at radius 2 is 2.14 bits per heavy atom. The van der Waals surface area contributed by atoms with Gasteiger partial charge in [-0.15, -0.1) is 10.2 Å². The summed E-state index contributed by atoms with van der Waals surface area (Å²) in [6.07, 6.45) is 2.41. The molecule has 2 saturated heterocycles. The van der Waals surface area contributed by atoms with Gasteiger partial charge in [-0.25, -0.2) is 0 Å².